The molecule has 0 bridgehead atoms. The largest absolute Gasteiger partial charge is 0.330 e. The molecule has 0 radical (unpaired) electrons. The standard InChI is InChI=1S/C11H11NO/c12-7-2-1-4-10-5-3-6-11(8-10)9-13/h3,5-6,8-9H,2,7,12H2. The number of benzene rings is 1. The molecule has 0 heterocycles. The van der Waals surface area contributed by atoms with Crippen LogP contribution in [0.25, 0.3) is 0 Å². The first-order valence-corrected chi connectivity index (χ1v) is 4.11. The maximum Gasteiger partial charge on any atom is 0.150 e. The van der Waals surface area contributed by atoms with Crippen LogP contribution in [0.3, 0.4) is 0 Å². The molecule has 1 aromatic rings. The summed E-state index contributed by atoms with van der Waals surface area (Å²) in [7, 11) is 0. The summed E-state index contributed by atoms with van der Waals surface area (Å²) in [6.07, 6.45) is 1.50. The van der Waals surface area contributed by atoms with Gasteiger partial charge in [0.2, 0.25) is 0 Å². The number of carbonyl (C=O) groups is 1. The maximum absolute atomic E-state index is 10.4. The van der Waals surface area contributed by atoms with Crippen molar-refractivity contribution in [3.63, 3.8) is 0 Å². The van der Waals surface area contributed by atoms with E-state index >= 15 is 0 Å². The Bertz CT molecular complexity index is 347. The fraction of sp³-hybridized carbons (Fsp3) is 0.182. The van der Waals surface area contributed by atoms with E-state index in [-0.39, 0.29) is 0 Å². The average molecular weight is 173 g/mol. The molecule has 2 heteroatoms. The number of carbonyl (C=O) groups excluding carboxylic acids is 1. The zero-order valence-corrected chi connectivity index (χ0v) is 7.29. The lowest BCUT2D eigenvalue weighted by molar-refractivity contribution is 0.112. The van der Waals surface area contributed by atoms with Crippen molar-refractivity contribution in [1.82, 2.24) is 0 Å². The minimum Gasteiger partial charge on any atom is -0.330 e. The fourth-order valence-electron chi connectivity index (χ4n) is 0.926. The second kappa shape index (κ2) is 5.13. The van der Waals surface area contributed by atoms with Crippen LogP contribution >= 0.6 is 0 Å². The summed E-state index contributed by atoms with van der Waals surface area (Å²) in [5.41, 5.74) is 6.80. The third kappa shape index (κ3) is 3.10. The Hall–Kier alpha value is -1.59. The monoisotopic (exact) mass is 173 g/mol. The predicted octanol–water partition coefficient (Wildman–Crippen LogP) is 1.20. The van der Waals surface area contributed by atoms with E-state index in [1.807, 2.05) is 12.1 Å². The highest BCUT2D eigenvalue weighted by Gasteiger charge is 1.89. The molecule has 0 saturated carbocycles. The quantitative estimate of drug-likeness (QED) is 0.539. The van der Waals surface area contributed by atoms with Gasteiger partial charge in [0, 0.05) is 24.1 Å². The van der Waals surface area contributed by atoms with Crippen molar-refractivity contribution in [1.29, 1.82) is 0 Å². The predicted molar refractivity (Wildman–Crippen MR) is 52.4 cm³/mol. The number of hydrogen-bond acceptors (Lipinski definition) is 2. The van der Waals surface area contributed by atoms with Gasteiger partial charge in [0.25, 0.3) is 0 Å². The summed E-state index contributed by atoms with van der Waals surface area (Å²) in [5, 5.41) is 0. The molecule has 0 saturated heterocycles. The normalized spacial score (nSPS) is 8.69. The minimum atomic E-state index is 0.570. The maximum atomic E-state index is 10.4. The number of nitrogens with two attached hydrogens (primary N) is 1. The lowest BCUT2D eigenvalue weighted by Crippen LogP contribution is -1.95. The minimum absolute atomic E-state index is 0.570. The van der Waals surface area contributed by atoms with E-state index in [4.69, 9.17) is 5.73 Å². The second-order valence-electron chi connectivity index (χ2n) is 2.58. The zero-order chi connectivity index (χ0) is 9.52. The molecule has 2 N–H and O–H groups in total. The van der Waals surface area contributed by atoms with Crippen LogP contribution in [0.4, 0.5) is 0 Å². The van der Waals surface area contributed by atoms with Gasteiger partial charge < -0.3 is 5.73 Å². The molecule has 0 amide bonds. The van der Waals surface area contributed by atoms with Gasteiger partial charge in [-0.1, -0.05) is 24.0 Å². The molecule has 66 valence electrons. The SMILES string of the molecule is NCCC#Cc1cccc(C=O)c1. The molecule has 0 aliphatic rings. The van der Waals surface area contributed by atoms with Crippen LogP contribution in [-0.4, -0.2) is 12.8 Å². The molecule has 1 aromatic carbocycles. The molecule has 0 spiro atoms. The Labute approximate surface area is 77.8 Å². The summed E-state index contributed by atoms with van der Waals surface area (Å²) in [6, 6.07) is 7.20. The molecule has 2 nitrogen and oxygen atoms in total. The highest BCUT2D eigenvalue weighted by molar-refractivity contribution is 5.75. The van der Waals surface area contributed by atoms with E-state index < -0.39 is 0 Å². The Balaban J connectivity index is 2.79. The topological polar surface area (TPSA) is 43.1 Å². The lowest BCUT2D eigenvalue weighted by Gasteiger charge is -1.90. The Morgan fingerprint density at radius 1 is 1.46 bits per heavy atom. The van der Waals surface area contributed by atoms with Crippen molar-refractivity contribution in [2.24, 2.45) is 5.73 Å². The summed E-state index contributed by atoms with van der Waals surface area (Å²) < 4.78 is 0. The third-order valence-electron chi connectivity index (χ3n) is 1.52. The van der Waals surface area contributed by atoms with Crippen molar-refractivity contribution in [2.45, 2.75) is 6.42 Å². The summed E-state index contributed by atoms with van der Waals surface area (Å²) in [6.45, 7) is 0.570. The van der Waals surface area contributed by atoms with Crippen molar-refractivity contribution in [3.8, 4) is 11.8 Å². The zero-order valence-electron chi connectivity index (χ0n) is 7.29. The van der Waals surface area contributed by atoms with Crippen LogP contribution in [-0.2, 0) is 0 Å². The Morgan fingerprint density at radius 2 is 2.31 bits per heavy atom. The Morgan fingerprint density at radius 3 is 3.00 bits per heavy atom. The molecule has 0 atom stereocenters. The summed E-state index contributed by atoms with van der Waals surface area (Å²) >= 11 is 0. The first-order valence-electron chi connectivity index (χ1n) is 4.11. The van der Waals surface area contributed by atoms with Crippen molar-refractivity contribution >= 4 is 6.29 Å². The fourth-order valence-corrected chi connectivity index (χ4v) is 0.926. The summed E-state index contributed by atoms with van der Waals surface area (Å²) in [5.74, 6) is 5.84. The van der Waals surface area contributed by atoms with Crippen molar-refractivity contribution in [2.75, 3.05) is 6.54 Å². The first-order chi connectivity index (χ1) is 6.36. The molecule has 0 unspecified atom stereocenters. The van der Waals surface area contributed by atoms with E-state index in [0.717, 1.165) is 11.8 Å². The molecule has 0 aliphatic carbocycles. The highest BCUT2D eigenvalue weighted by atomic mass is 16.1. The van der Waals surface area contributed by atoms with Crippen LogP contribution in [0.2, 0.25) is 0 Å². The number of aldehydes is 1. The molecule has 1 rings (SSSR count). The van der Waals surface area contributed by atoms with E-state index in [1.54, 1.807) is 12.1 Å². The molecular weight excluding hydrogens is 162 g/mol. The van der Waals surface area contributed by atoms with Gasteiger partial charge >= 0.3 is 0 Å². The first kappa shape index (κ1) is 9.50. The Kier molecular flexibility index (Phi) is 3.74. The van der Waals surface area contributed by atoms with Gasteiger partial charge in [-0.05, 0) is 12.1 Å². The van der Waals surface area contributed by atoms with Gasteiger partial charge in [0.15, 0.2) is 0 Å². The molecular formula is C11H11NO. The van der Waals surface area contributed by atoms with Crippen LogP contribution in [0, 0.1) is 11.8 Å². The van der Waals surface area contributed by atoms with Crippen LogP contribution in [0.1, 0.15) is 22.3 Å². The lowest BCUT2D eigenvalue weighted by atomic mass is 10.1. The van der Waals surface area contributed by atoms with Crippen molar-refractivity contribution in [3.05, 3.63) is 35.4 Å². The van der Waals surface area contributed by atoms with Gasteiger partial charge in [0.05, 0.1) is 0 Å². The van der Waals surface area contributed by atoms with Gasteiger partial charge in [-0.2, -0.15) is 0 Å². The third-order valence-corrected chi connectivity index (χ3v) is 1.52. The van der Waals surface area contributed by atoms with Gasteiger partial charge in [0.1, 0.15) is 6.29 Å². The summed E-state index contributed by atoms with van der Waals surface area (Å²) in [4.78, 5) is 10.4. The van der Waals surface area contributed by atoms with Gasteiger partial charge in [-0.15, -0.1) is 0 Å². The molecule has 0 fully saturated rings. The average Bonchev–Trinajstić information content (AvgIpc) is 2.19. The van der Waals surface area contributed by atoms with E-state index in [1.165, 1.54) is 0 Å². The van der Waals surface area contributed by atoms with Crippen LogP contribution in [0.15, 0.2) is 24.3 Å². The number of rotatable bonds is 2. The van der Waals surface area contributed by atoms with Gasteiger partial charge in [-0.3, -0.25) is 4.79 Å². The number of hydrogen-bond donors (Lipinski definition) is 1. The molecule has 0 aliphatic heterocycles. The molecule has 13 heavy (non-hydrogen) atoms. The van der Waals surface area contributed by atoms with E-state index in [9.17, 15) is 4.79 Å². The highest BCUT2D eigenvalue weighted by Crippen LogP contribution is 2.00. The smallest absolute Gasteiger partial charge is 0.150 e. The van der Waals surface area contributed by atoms with Crippen LogP contribution in [0.5, 0.6) is 0 Å². The van der Waals surface area contributed by atoms with Crippen molar-refractivity contribution < 1.29 is 4.79 Å². The van der Waals surface area contributed by atoms with E-state index in [0.29, 0.717) is 18.5 Å². The molecule has 0 aromatic heterocycles. The second-order valence-corrected chi connectivity index (χ2v) is 2.58. The van der Waals surface area contributed by atoms with E-state index in [2.05, 4.69) is 11.8 Å². The van der Waals surface area contributed by atoms with Crippen LogP contribution < -0.4 is 5.73 Å². The van der Waals surface area contributed by atoms with Gasteiger partial charge in [-0.25, -0.2) is 0 Å².